The minimum atomic E-state index is -0.755. The predicted octanol–water partition coefficient (Wildman–Crippen LogP) is 3.73. The molecule has 0 aromatic heterocycles. The first-order chi connectivity index (χ1) is 13.6. The van der Waals surface area contributed by atoms with Crippen LogP contribution in [0, 0.1) is 0 Å². The molecule has 6 heteroatoms. The fourth-order valence-corrected chi connectivity index (χ4v) is 3.24. The largest absolute Gasteiger partial charge is 0.493 e. The third-order valence-electron chi connectivity index (χ3n) is 4.80. The van der Waals surface area contributed by atoms with Crippen molar-refractivity contribution in [3.8, 4) is 11.5 Å². The van der Waals surface area contributed by atoms with E-state index in [2.05, 4.69) is 5.32 Å². The van der Waals surface area contributed by atoms with Crippen LogP contribution in [0.25, 0.3) is 0 Å². The Bertz CT molecular complexity index is 831. The highest BCUT2D eigenvalue weighted by atomic mass is 16.5. The molecule has 0 bridgehead atoms. The van der Waals surface area contributed by atoms with Gasteiger partial charge in [0.05, 0.1) is 18.4 Å². The van der Waals surface area contributed by atoms with E-state index < -0.39 is 6.10 Å². The van der Waals surface area contributed by atoms with Crippen LogP contribution in [0.5, 0.6) is 11.5 Å². The maximum absolute atomic E-state index is 12.9. The molecule has 28 heavy (non-hydrogen) atoms. The first kappa shape index (κ1) is 19.7. The number of likely N-dealkylation sites (tertiary alicyclic amines) is 1. The number of piperidine rings is 1. The summed E-state index contributed by atoms with van der Waals surface area (Å²) < 4.78 is 11.0. The van der Waals surface area contributed by atoms with Crippen molar-refractivity contribution in [1.82, 2.24) is 4.90 Å². The van der Waals surface area contributed by atoms with Crippen molar-refractivity contribution in [2.75, 3.05) is 25.5 Å². The van der Waals surface area contributed by atoms with Gasteiger partial charge in [-0.05, 0) is 50.5 Å². The van der Waals surface area contributed by atoms with Crippen molar-refractivity contribution < 1.29 is 19.1 Å². The van der Waals surface area contributed by atoms with E-state index in [9.17, 15) is 9.59 Å². The summed E-state index contributed by atoms with van der Waals surface area (Å²) in [5.41, 5.74) is 1.00. The van der Waals surface area contributed by atoms with E-state index in [1.807, 2.05) is 23.1 Å². The van der Waals surface area contributed by atoms with Crippen molar-refractivity contribution in [3.05, 3.63) is 54.1 Å². The Balaban J connectivity index is 1.70. The number of nitrogens with zero attached hydrogens (tertiary/aromatic N) is 1. The molecule has 2 amide bonds. The van der Waals surface area contributed by atoms with Gasteiger partial charge in [-0.3, -0.25) is 9.59 Å². The molecule has 1 heterocycles. The fourth-order valence-electron chi connectivity index (χ4n) is 3.24. The number of amides is 2. The van der Waals surface area contributed by atoms with Gasteiger partial charge in [0.25, 0.3) is 11.8 Å². The topological polar surface area (TPSA) is 67.9 Å². The lowest BCUT2D eigenvalue weighted by molar-refractivity contribution is -0.122. The van der Waals surface area contributed by atoms with Crippen LogP contribution in [0.1, 0.15) is 36.5 Å². The van der Waals surface area contributed by atoms with Gasteiger partial charge in [0, 0.05) is 13.1 Å². The smallest absolute Gasteiger partial charge is 0.265 e. The maximum atomic E-state index is 12.9. The summed E-state index contributed by atoms with van der Waals surface area (Å²) in [6, 6.07) is 14.3. The molecule has 0 spiro atoms. The maximum Gasteiger partial charge on any atom is 0.265 e. The third-order valence-corrected chi connectivity index (χ3v) is 4.80. The van der Waals surface area contributed by atoms with E-state index in [0.717, 1.165) is 32.4 Å². The van der Waals surface area contributed by atoms with Crippen LogP contribution >= 0.6 is 0 Å². The molecule has 1 N–H and O–H groups in total. The Morgan fingerprint density at radius 1 is 0.964 bits per heavy atom. The predicted molar refractivity (Wildman–Crippen MR) is 108 cm³/mol. The minimum absolute atomic E-state index is 0.0473. The zero-order valence-corrected chi connectivity index (χ0v) is 16.3. The highest BCUT2D eigenvalue weighted by Crippen LogP contribution is 2.27. The van der Waals surface area contributed by atoms with Gasteiger partial charge in [-0.2, -0.15) is 0 Å². The van der Waals surface area contributed by atoms with Crippen LogP contribution in [0.15, 0.2) is 48.5 Å². The van der Waals surface area contributed by atoms with Gasteiger partial charge in [0.15, 0.2) is 17.6 Å². The lowest BCUT2D eigenvalue weighted by Crippen LogP contribution is -2.36. The molecule has 0 radical (unpaired) electrons. The summed E-state index contributed by atoms with van der Waals surface area (Å²) in [6.07, 6.45) is 2.43. The Morgan fingerprint density at radius 2 is 1.61 bits per heavy atom. The molecule has 1 aliphatic heterocycles. The number of nitrogens with one attached hydrogen (secondary N) is 1. The van der Waals surface area contributed by atoms with Crippen molar-refractivity contribution in [2.24, 2.45) is 0 Å². The van der Waals surface area contributed by atoms with Gasteiger partial charge in [-0.25, -0.2) is 0 Å². The Kier molecular flexibility index (Phi) is 6.53. The average Bonchev–Trinajstić information content (AvgIpc) is 2.74. The minimum Gasteiger partial charge on any atom is -0.493 e. The van der Waals surface area contributed by atoms with Crippen LogP contribution in [0.4, 0.5) is 5.69 Å². The van der Waals surface area contributed by atoms with Crippen LogP contribution < -0.4 is 14.8 Å². The second kappa shape index (κ2) is 9.26. The van der Waals surface area contributed by atoms with Crippen LogP contribution in [0.2, 0.25) is 0 Å². The number of para-hydroxylation sites is 3. The first-order valence-corrected chi connectivity index (χ1v) is 9.59. The fraction of sp³-hybridized carbons (Fsp3) is 0.364. The normalized spacial score (nSPS) is 14.9. The molecule has 0 unspecified atom stereocenters. The van der Waals surface area contributed by atoms with E-state index in [1.165, 1.54) is 0 Å². The molecule has 1 atom stereocenters. The summed E-state index contributed by atoms with van der Waals surface area (Å²) >= 11 is 0. The highest BCUT2D eigenvalue weighted by Gasteiger charge is 2.23. The second-order valence-corrected chi connectivity index (χ2v) is 6.80. The van der Waals surface area contributed by atoms with Gasteiger partial charge in [-0.15, -0.1) is 0 Å². The quantitative estimate of drug-likeness (QED) is 0.827. The van der Waals surface area contributed by atoms with Crippen molar-refractivity contribution in [3.63, 3.8) is 0 Å². The molecular weight excluding hydrogens is 356 g/mol. The van der Waals surface area contributed by atoms with Crippen molar-refractivity contribution in [1.29, 1.82) is 0 Å². The number of hydrogen-bond donors (Lipinski definition) is 1. The Morgan fingerprint density at radius 3 is 2.32 bits per heavy atom. The Labute approximate surface area is 165 Å². The summed E-state index contributed by atoms with van der Waals surface area (Å²) in [7, 11) is 1.55. The number of ether oxygens (including phenoxy) is 2. The third kappa shape index (κ3) is 4.63. The first-order valence-electron chi connectivity index (χ1n) is 9.59. The molecule has 1 aliphatic rings. The van der Waals surface area contributed by atoms with E-state index >= 15 is 0 Å². The van der Waals surface area contributed by atoms with Crippen LogP contribution in [0.3, 0.4) is 0 Å². The van der Waals surface area contributed by atoms with Crippen LogP contribution in [-0.2, 0) is 4.79 Å². The number of carbonyl (C=O) groups excluding carboxylic acids is 2. The monoisotopic (exact) mass is 382 g/mol. The molecule has 2 aromatic carbocycles. The van der Waals surface area contributed by atoms with E-state index in [1.54, 1.807) is 44.4 Å². The molecule has 148 valence electrons. The number of rotatable bonds is 6. The summed E-state index contributed by atoms with van der Waals surface area (Å²) in [4.78, 5) is 27.4. The molecule has 2 aromatic rings. The van der Waals surface area contributed by atoms with E-state index in [0.29, 0.717) is 22.7 Å². The molecule has 3 rings (SSSR count). The van der Waals surface area contributed by atoms with Crippen LogP contribution in [-0.4, -0.2) is 43.0 Å². The zero-order chi connectivity index (χ0) is 19.9. The van der Waals surface area contributed by atoms with Gasteiger partial charge < -0.3 is 19.7 Å². The van der Waals surface area contributed by atoms with Gasteiger partial charge in [0.2, 0.25) is 0 Å². The van der Waals surface area contributed by atoms with Gasteiger partial charge in [0.1, 0.15) is 0 Å². The van der Waals surface area contributed by atoms with Gasteiger partial charge >= 0.3 is 0 Å². The number of carbonyl (C=O) groups is 2. The molecule has 6 nitrogen and oxygen atoms in total. The Hall–Kier alpha value is -3.02. The summed E-state index contributed by atoms with van der Waals surface area (Å²) in [6.45, 7) is 3.18. The molecule has 0 saturated carbocycles. The highest BCUT2D eigenvalue weighted by molar-refractivity contribution is 6.04. The second-order valence-electron chi connectivity index (χ2n) is 6.80. The van der Waals surface area contributed by atoms with Gasteiger partial charge in [-0.1, -0.05) is 24.3 Å². The summed E-state index contributed by atoms with van der Waals surface area (Å²) in [5.74, 6) is 0.673. The molecule has 1 saturated heterocycles. The number of benzene rings is 2. The van der Waals surface area contributed by atoms with Crippen molar-refractivity contribution in [2.45, 2.75) is 32.3 Å². The van der Waals surface area contributed by atoms with Crippen molar-refractivity contribution >= 4 is 17.5 Å². The number of anilines is 1. The van der Waals surface area contributed by atoms with E-state index in [-0.39, 0.29) is 11.8 Å². The number of methoxy groups -OCH3 is 1. The molecule has 0 aliphatic carbocycles. The molecule has 1 fully saturated rings. The average molecular weight is 382 g/mol. The standard InChI is InChI=1S/C22H26N2O4/c1-16(28-20-13-7-6-12-19(20)27-2)21(25)23-18-11-5-4-10-17(18)22(26)24-14-8-3-9-15-24/h4-7,10-13,16H,3,8-9,14-15H2,1-2H3,(H,23,25)/t16-/m0/s1. The SMILES string of the molecule is COc1ccccc1O[C@@H](C)C(=O)Nc1ccccc1C(=O)N1CCCCC1. The number of hydrogen-bond acceptors (Lipinski definition) is 4. The summed E-state index contributed by atoms with van der Waals surface area (Å²) in [5, 5.41) is 2.84. The lowest BCUT2D eigenvalue weighted by atomic mass is 10.1. The zero-order valence-electron chi connectivity index (χ0n) is 16.3. The van der Waals surface area contributed by atoms with E-state index in [4.69, 9.17) is 9.47 Å². The lowest BCUT2D eigenvalue weighted by Gasteiger charge is -2.27. The molecular formula is C22H26N2O4.